The van der Waals surface area contributed by atoms with Gasteiger partial charge in [-0.25, -0.2) is 8.78 Å². The molecular formula is C20H35F2IN2O2S. The van der Waals surface area contributed by atoms with E-state index in [1.54, 1.807) is 6.92 Å². The molecule has 1 aromatic rings. The summed E-state index contributed by atoms with van der Waals surface area (Å²) in [5.74, 6) is 0.0258. The van der Waals surface area contributed by atoms with E-state index < -0.39 is 6.43 Å². The van der Waals surface area contributed by atoms with Crippen LogP contribution in [0.25, 0.3) is 0 Å². The van der Waals surface area contributed by atoms with E-state index in [0.29, 0.717) is 12.6 Å². The van der Waals surface area contributed by atoms with Crippen molar-refractivity contribution in [1.82, 2.24) is 10.2 Å². The van der Waals surface area contributed by atoms with E-state index in [1.807, 2.05) is 11.4 Å². The van der Waals surface area contributed by atoms with Crippen LogP contribution in [0.5, 0.6) is 0 Å². The number of amides is 1. The second kappa shape index (κ2) is 13.1. The number of nitrogens with zero attached hydrogens (tertiary/aromatic N) is 1. The molecule has 4 nitrogen and oxygen atoms in total. The fourth-order valence-corrected chi connectivity index (χ4v) is 4.54. The predicted molar refractivity (Wildman–Crippen MR) is 123 cm³/mol. The van der Waals surface area contributed by atoms with Gasteiger partial charge in [-0.2, -0.15) is 0 Å². The van der Waals surface area contributed by atoms with Crippen LogP contribution in [0.15, 0.2) is 11.4 Å². The average Bonchev–Trinajstić information content (AvgIpc) is 3.02. The summed E-state index contributed by atoms with van der Waals surface area (Å²) in [6.45, 7) is 8.36. The maximum absolute atomic E-state index is 12.4. The average molecular weight is 532 g/mol. The molecule has 1 aliphatic heterocycles. The van der Waals surface area contributed by atoms with Gasteiger partial charge in [0.15, 0.2) is 0 Å². The molecule has 0 bridgehead atoms. The van der Waals surface area contributed by atoms with Crippen LogP contribution in [0.4, 0.5) is 8.78 Å². The summed E-state index contributed by atoms with van der Waals surface area (Å²) in [6.07, 6.45) is 1.48. The van der Waals surface area contributed by atoms with Gasteiger partial charge in [-0.3, -0.25) is 9.69 Å². The summed E-state index contributed by atoms with van der Waals surface area (Å²) < 4.78 is 30.9. The number of hydrogen-bond acceptors (Lipinski definition) is 4. The Balaban J connectivity index is 0.00000392. The first kappa shape index (κ1) is 25.7. The van der Waals surface area contributed by atoms with Crippen LogP contribution in [0.1, 0.15) is 51.9 Å². The van der Waals surface area contributed by atoms with E-state index in [4.69, 9.17) is 4.74 Å². The molecule has 1 N–H and O–H groups in total. The second-order valence-corrected chi connectivity index (χ2v) is 8.43. The molecule has 0 saturated carbocycles. The van der Waals surface area contributed by atoms with E-state index in [-0.39, 0.29) is 49.9 Å². The molecular weight excluding hydrogens is 497 g/mol. The number of ether oxygens (including phenoxy) is 1. The molecule has 2 rings (SSSR count). The summed E-state index contributed by atoms with van der Waals surface area (Å²) in [7, 11) is 0. The quantitative estimate of drug-likeness (QED) is 0.443. The van der Waals surface area contributed by atoms with Crippen molar-refractivity contribution in [1.29, 1.82) is 0 Å². The van der Waals surface area contributed by atoms with Gasteiger partial charge in [-0.1, -0.05) is 6.92 Å². The third-order valence-corrected chi connectivity index (χ3v) is 6.14. The zero-order valence-electron chi connectivity index (χ0n) is 17.0. The summed E-state index contributed by atoms with van der Waals surface area (Å²) in [5.41, 5.74) is 1.09. The lowest BCUT2D eigenvalue weighted by Crippen LogP contribution is -2.50. The number of carbonyl (C=O) groups is 1. The number of carbonyl (C=O) groups excluding carboxylic acids is 1. The highest BCUT2D eigenvalue weighted by atomic mass is 127. The lowest BCUT2D eigenvalue weighted by molar-refractivity contribution is -0.120. The van der Waals surface area contributed by atoms with Crippen molar-refractivity contribution in [2.24, 2.45) is 0 Å². The number of nitrogens with one attached hydrogen (secondary N) is 1. The monoisotopic (exact) mass is 532 g/mol. The van der Waals surface area contributed by atoms with Crippen molar-refractivity contribution < 1.29 is 19.7 Å². The van der Waals surface area contributed by atoms with Gasteiger partial charge in [0.05, 0.1) is 12.7 Å². The van der Waals surface area contributed by atoms with E-state index in [1.165, 1.54) is 11.3 Å². The first-order valence-corrected chi connectivity index (χ1v) is 10.7. The SMILES string of the molecule is CC[C@@H](CN1CC[C@@H](OCCc2csc(CC(F)F)c2)C[C@@H]1C)NC(C)=O.I.[HH]. The van der Waals surface area contributed by atoms with Crippen LogP contribution in [-0.2, 0) is 22.4 Å². The Morgan fingerprint density at radius 1 is 1.50 bits per heavy atom. The number of hydrogen-bond donors (Lipinski definition) is 1. The number of alkyl halides is 2. The minimum absolute atomic E-state index is 0. The Labute approximate surface area is 189 Å². The topological polar surface area (TPSA) is 41.6 Å². The normalized spacial score (nSPS) is 21.4. The van der Waals surface area contributed by atoms with Crippen LogP contribution in [0.2, 0.25) is 0 Å². The molecule has 1 amide bonds. The van der Waals surface area contributed by atoms with E-state index in [2.05, 4.69) is 24.1 Å². The highest BCUT2D eigenvalue weighted by molar-refractivity contribution is 14.0. The summed E-state index contributed by atoms with van der Waals surface area (Å²) in [4.78, 5) is 14.5. The molecule has 0 radical (unpaired) electrons. The smallest absolute Gasteiger partial charge is 0.243 e. The van der Waals surface area contributed by atoms with Crippen LogP contribution < -0.4 is 5.32 Å². The highest BCUT2D eigenvalue weighted by Gasteiger charge is 2.27. The molecule has 0 spiro atoms. The van der Waals surface area contributed by atoms with Crippen LogP contribution in [0, 0.1) is 0 Å². The molecule has 164 valence electrons. The maximum Gasteiger partial charge on any atom is 0.243 e. The van der Waals surface area contributed by atoms with Crippen molar-refractivity contribution >= 4 is 41.2 Å². The molecule has 1 fully saturated rings. The van der Waals surface area contributed by atoms with Gasteiger partial charge in [0.1, 0.15) is 0 Å². The number of thiophene rings is 1. The fraction of sp³-hybridized carbons (Fsp3) is 0.750. The second-order valence-electron chi connectivity index (χ2n) is 7.43. The Bertz CT molecular complexity index is 595. The van der Waals surface area contributed by atoms with Gasteiger partial charge in [-0.15, -0.1) is 35.3 Å². The van der Waals surface area contributed by atoms with Crippen molar-refractivity contribution in [3.63, 3.8) is 0 Å². The Hall–Kier alpha value is -0.320. The maximum atomic E-state index is 12.4. The standard InChI is InChI=1S/C20H32F2N2O2S.HI.H2/c1-4-17(23-15(3)25)12-24-7-5-18(9-14(24)2)26-8-6-16-10-19(27-13-16)11-20(21)22;;/h10,13-14,17-18,20H,4-9,11-12H2,1-3H3,(H,23,25);2*1H/t14-,17-,18+;;/m0../s1. The summed E-state index contributed by atoms with van der Waals surface area (Å²) in [6, 6.07) is 2.49. The molecule has 3 atom stereocenters. The number of halogens is 3. The molecule has 2 heterocycles. The first-order valence-electron chi connectivity index (χ1n) is 9.84. The minimum atomic E-state index is -2.28. The van der Waals surface area contributed by atoms with Gasteiger partial charge in [0.25, 0.3) is 0 Å². The molecule has 1 aliphatic rings. The minimum Gasteiger partial charge on any atom is -0.378 e. The molecule has 1 aromatic heterocycles. The molecule has 8 heteroatoms. The van der Waals surface area contributed by atoms with Crippen LogP contribution in [-0.4, -0.2) is 55.1 Å². The molecule has 0 aliphatic carbocycles. The Morgan fingerprint density at radius 2 is 2.25 bits per heavy atom. The molecule has 0 unspecified atom stereocenters. The van der Waals surface area contributed by atoms with Gasteiger partial charge < -0.3 is 10.1 Å². The Morgan fingerprint density at radius 3 is 2.86 bits per heavy atom. The third kappa shape index (κ3) is 9.00. The molecule has 1 saturated heterocycles. The van der Waals surface area contributed by atoms with E-state index in [0.717, 1.165) is 49.2 Å². The van der Waals surface area contributed by atoms with Gasteiger partial charge in [-0.05, 0) is 49.6 Å². The number of rotatable bonds is 10. The Kier molecular flexibility index (Phi) is 12.0. The van der Waals surface area contributed by atoms with Crippen LogP contribution in [0.3, 0.4) is 0 Å². The summed E-state index contributed by atoms with van der Waals surface area (Å²) >= 11 is 1.40. The third-order valence-electron chi connectivity index (χ3n) is 5.13. The zero-order chi connectivity index (χ0) is 19.8. The molecule has 28 heavy (non-hydrogen) atoms. The largest absolute Gasteiger partial charge is 0.378 e. The van der Waals surface area contributed by atoms with Crippen molar-refractivity contribution in [3.05, 3.63) is 21.9 Å². The van der Waals surface area contributed by atoms with Crippen molar-refractivity contribution in [2.45, 2.75) is 77.5 Å². The summed E-state index contributed by atoms with van der Waals surface area (Å²) in [5, 5.41) is 4.97. The fourth-order valence-electron chi connectivity index (χ4n) is 3.61. The van der Waals surface area contributed by atoms with E-state index in [9.17, 15) is 13.6 Å². The lowest BCUT2D eigenvalue weighted by atomic mass is 9.99. The number of likely N-dealkylation sites (tertiary alicyclic amines) is 1. The molecule has 0 aromatic carbocycles. The van der Waals surface area contributed by atoms with Crippen molar-refractivity contribution in [2.75, 3.05) is 19.7 Å². The lowest BCUT2D eigenvalue weighted by Gasteiger charge is -2.39. The number of piperidine rings is 1. The van der Waals surface area contributed by atoms with Crippen LogP contribution >= 0.6 is 35.3 Å². The van der Waals surface area contributed by atoms with Crippen molar-refractivity contribution in [3.8, 4) is 0 Å². The van der Waals surface area contributed by atoms with Gasteiger partial charge in [0, 0.05) is 44.8 Å². The van der Waals surface area contributed by atoms with Gasteiger partial charge in [0.2, 0.25) is 12.3 Å². The van der Waals surface area contributed by atoms with E-state index >= 15 is 0 Å². The van der Waals surface area contributed by atoms with Gasteiger partial charge >= 0.3 is 0 Å². The highest BCUT2D eigenvalue weighted by Crippen LogP contribution is 2.22. The zero-order valence-corrected chi connectivity index (χ0v) is 20.1. The first-order chi connectivity index (χ1) is 12.9. The predicted octanol–water partition coefficient (Wildman–Crippen LogP) is 4.75.